The summed E-state index contributed by atoms with van der Waals surface area (Å²) in [5.41, 5.74) is 1.89. The van der Waals surface area contributed by atoms with Gasteiger partial charge in [-0.15, -0.1) is 11.8 Å². The van der Waals surface area contributed by atoms with Crippen molar-refractivity contribution < 1.29 is 19.1 Å². The van der Waals surface area contributed by atoms with Gasteiger partial charge in [-0.1, -0.05) is 73.8 Å². The summed E-state index contributed by atoms with van der Waals surface area (Å²) in [6, 6.07) is 28.0. The third-order valence-electron chi connectivity index (χ3n) is 6.74. The fourth-order valence-corrected chi connectivity index (χ4v) is 5.78. The number of carbonyl (C=O) groups excluding carboxylic acids is 3. The van der Waals surface area contributed by atoms with Gasteiger partial charge in [0.2, 0.25) is 5.91 Å². The topological polar surface area (TPSA) is 96.5 Å². The minimum Gasteiger partial charge on any atom is -0.494 e. The van der Waals surface area contributed by atoms with Crippen molar-refractivity contribution in [3.05, 3.63) is 124 Å². The first-order valence-corrected chi connectivity index (χ1v) is 16.5. The largest absolute Gasteiger partial charge is 0.494 e. The van der Waals surface area contributed by atoms with Gasteiger partial charge in [0.25, 0.3) is 11.8 Å². The number of benzene rings is 4. The number of thioether (sulfide) groups is 1. The second-order valence-electron chi connectivity index (χ2n) is 10.2. The van der Waals surface area contributed by atoms with E-state index in [-0.39, 0.29) is 16.9 Å². The highest BCUT2D eigenvalue weighted by atomic mass is 35.5. The van der Waals surface area contributed by atoms with Crippen molar-refractivity contribution in [3.63, 3.8) is 0 Å². The van der Waals surface area contributed by atoms with E-state index >= 15 is 0 Å². The van der Waals surface area contributed by atoms with E-state index in [0.29, 0.717) is 45.6 Å². The van der Waals surface area contributed by atoms with Crippen LogP contribution in [0.5, 0.6) is 5.75 Å². The summed E-state index contributed by atoms with van der Waals surface area (Å²) in [7, 11) is 0. The highest BCUT2D eigenvalue weighted by Crippen LogP contribution is 2.30. The first-order valence-electron chi connectivity index (χ1n) is 14.9. The van der Waals surface area contributed by atoms with Crippen LogP contribution < -0.4 is 20.7 Å². The van der Waals surface area contributed by atoms with Crippen molar-refractivity contribution >= 4 is 70.1 Å². The molecular formula is C36H35Cl2N3O4S. The Morgan fingerprint density at radius 1 is 0.826 bits per heavy atom. The Hall–Kier alpha value is -4.24. The van der Waals surface area contributed by atoms with Crippen molar-refractivity contribution in [2.75, 3.05) is 17.2 Å². The van der Waals surface area contributed by atoms with Gasteiger partial charge in [-0.2, -0.15) is 0 Å². The Bertz CT molecular complexity index is 1660. The first-order chi connectivity index (χ1) is 22.3. The molecule has 0 heterocycles. The molecule has 0 bridgehead atoms. The molecule has 0 aliphatic rings. The van der Waals surface area contributed by atoms with Crippen molar-refractivity contribution in [3.8, 4) is 5.75 Å². The number of unbranched alkanes of at least 4 members (excludes halogenated alkanes) is 1. The standard InChI is InChI=1S/C36H35Cl2N3O4S/c1-3-5-21-45-27-19-17-25(18-20-27)39-36(44)33(4-2)46-28-14-9-13-26(22-28)40-35(43)32(23-29-30(37)15-10-16-31(29)38)41-34(42)24-11-7-6-8-12-24/h6-20,22-23,33H,3-5,21H2,1-2H3,(H,39,44)(H,40,43)(H,41,42)/b32-23+. The van der Waals surface area contributed by atoms with E-state index in [0.717, 1.165) is 23.5 Å². The molecule has 1 atom stereocenters. The monoisotopic (exact) mass is 675 g/mol. The molecule has 4 aromatic carbocycles. The van der Waals surface area contributed by atoms with Crippen LogP contribution in [0.3, 0.4) is 0 Å². The van der Waals surface area contributed by atoms with E-state index in [4.69, 9.17) is 27.9 Å². The lowest BCUT2D eigenvalue weighted by Gasteiger charge is -2.16. The predicted molar refractivity (Wildman–Crippen MR) is 189 cm³/mol. The molecule has 0 radical (unpaired) electrons. The van der Waals surface area contributed by atoms with Crippen molar-refractivity contribution in [1.29, 1.82) is 0 Å². The molecule has 0 aromatic heterocycles. The molecule has 1 unspecified atom stereocenters. The molecule has 238 valence electrons. The maximum absolute atomic E-state index is 13.5. The maximum atomic E-state index is 13.5. The van der Waals surface area contributed by atoms with Gasteiger partial charge in [-0.05, 0) is 85.6 Å². The molecule has 0 spiro atoms. The molecular weight excluding hydrogens is 641 g/mol. The molecule has 3 amide bonds. The number of rotatable bonds is 14. The zero-order valence-electron chi connectivity index (χ0n) is 25.5. The molecule has 4 aromatic rings. The molecule has 0 fully saturated rings. The Balaban J connectivity index is 1.46. The molecule has 0 saturated carbocycles. The summed E-state index contributed by atoms with van der Waals surface area (Å²) in [5, 5.41) is 8.79. The molecule has 7 nitrogen and oxygen atoms in total. The summed E-state index contributed by atoms with van der Waals surface area (Å²) in [6.45, 7) is 4.71. The van der Waals surface area contributed by atoms with E-state index in [1.165, 1.54) is 17.8 Å². The van der Waals surface area contributed by atoms with Gasteiger partial charge >= 0.3 is 0 Å². The van der Waals surface area contributed by atoms with Crippen LogP contribution in [-0.4, -0.2) is 29.6 Å². The number of hydrogen-bond donors (Lipinski definition) is 3. The molecule has 10 heteroatoms. The number of nitrogens with one attached hydrogen (secondary N) is 3. The van der Waals surface area contributed by atoms with E-state index in [9.17, 15) is 14.4 Å². The normalized spacial score (nSPS) is 11.8. The lowest BCUT2D eigenvalue weighted by Crippen LogP contribution is -2.30. The Morgan fingerprint density at radius 3 is 2.20 bits per heavy atom. The predicted octanol–water partition coefficient (Wildman–Crippen LogP) is 9.09. The summed E-state index contributed by atoms with van der Waals surface area (Å²) in [4.78, 5) is 40.5. The van der Waals surface area contributed by atoms with Gasteiger partial charge in [0.15, 0.2) is 0 Å². The fraction of sp³-hybridized carbons (Fsp3) is 0.194. The highest BCUT2D eigenvalue weighted by molar-refractivity contribution is 8.00. The number of amides is 3. The van der Waals surface area contributed by atoms with Crippen LogP contribution in [0.1, 0.15) is 49.0 Å². The van der Waals surface area contributed by atoms with Crippen LogP contribution in [-0.2, 0) is 9.59 Å². The van der Waals surface area contributed by atoms with Crippen LogP contribution in [0, 0.1) is 0 Å². The van der Waals surface area contributed by atoms with Gasteiger partial charge < -0.3 is 20.7 Å². The summed E-state index contributed by atoms with van der Waals surface area (Å²) >= 11 is 14.1. The Labute approximate surface area is 283 Å². The number of ether oxygens (including phenoxy) is 1. The quantitative estimate of drug-likeness (QED) is 0.0704. The van der Waals surface area contributed by atoms with Crippen LogP contribution in [0.25, 0.3) is 6.08 Å². The SMILES string of the molecule is CCCCOc1ccc(NC(=O)C(CC)Sc2cccc(NC(=O)/C(=C\c3c(Cl)cccc3Cl)NC(=O)c3ccccc3)c2)cc1. The molecule has 46 heavy (non-hydrogen) atoms. The van der Waals surface area contributed by atoms with Gasteiger partial charge in [0, 0.05) is 37.4 Å². The second-order valence-corrected chi connectivity index (χ2v) is 12.3. The van der Waals surface area contributed by atoms with Gasteiger partial charge in [-0.3, -0.25) is 14.4 Å². The van der Waals surface area contributed by atoms with Crippen molar-refractivity contribution in [2.45, 2.75) is 43.3 Å². The van der Waals surface area contributed by atoms with Gasteiger partial charge in [0.05, 0.1) is 11.9 Å². The van der Waals surface area contributed by atoms with E-state index < -0.39 is 11.8 Å². The van der Waals surface area contributed by atoms with Crippen LogP contribution >= 0.6 is 35.0 Å². The minimum absolute atomic E-state index is 0.0468. The number of anilines is 2. The van der Waals surface area contributed by atoms with Gasteiger partial charge in [-0.25, -0.2) is 0 Å². The van der Waals surface area contributed by atoms with Crippen LogP contribution in [0.15, 0.2) is 108 Å². The third kappa shape index (κ3) is 10.1. The van der Waals surface area contributed by atoms with E-state index in [1.54, 1.807) is 66.7 Å². The van der Waals surface area contributed by atoms with E-state index in [1.807, 2.05) is 37.3 Å². The molecule has 0 aliphatic carbocycles. The Kier molecular flexibility index (Phi) is 13.1. The number of halogens is 2. The van der Waals surface area contributed by atoms with Crippen LogP contribution in [0.4, 0.5) is 11.4 Å². The third-order valence-corrected chi connectivity index (χ3v) is 8.76. The minimum atomic E-state index is -0.575. The van der Waals surface area contributed by atoms with Crippen molar-refractivity contribution in [1.82, 2.24) is 5.32 Å². The van der Waals surface area contributed by atoms with Crippen molar-refractivity contribution in [2.24, 2.45) is 0 Å². The zero-order chi connectivity index (χ0) is 32.9. The average molecular weight is 677 g/mol. The zero-order valence-corrected chi connectivity index (χ0v) is 27.8. The van der Waals surface area contributed by atoms with Gasteiger partial charge in [0.1, 0.15) is 11.4 Å². The average Bonchev–Trinajstić information content (AvgIpc) is 3.06. The smallest absolute Gasteiger partial charge is 0.272 e. The molecule has 3 N–H and O–H groups in total. The summed E-state index contributed by atoms with van der Waals surface area (Å²) in [5.74, 6) is -0.411. The second kappa shape index (κ2) is 17.5. The number of hydrogen-bond acceptors (Lipinski definition) is 5. The highest BCUT2D eigenvalue weighted by Gasteiger charge is 2.20. The first kappa shape index (κ1) is 34.6. The molecule has 0 saturated heterocycles. The molecule has 4 rings (SSSR count). The fourth-order valence-electron chi connectivity index (χ4n) is 4.26. The summed E-state index contributed by atoms with van der Waals surface area (Å²) < 4.78 is 5.70. The lowest BCUT2D eigenvalue weighted by molar-refractivity contribution is -0.116. The van der Waals surface area contributed by atoms with E-state index in [2.05, 4.69) is 22.9 Å². The van der Waals surface area contributed by atoms with Crippen LogP contribution in [0.2, 0.25) is 10.0 Å². The Morgan fingerprint density at radius 2 is 1.52 bits per heavy atom. The summed E-state index contributed by atoms with van der Waals surface area (Å²) in [6.07, 6.45) is 4.07. The lowest BCUT2D eigenvalue weighted by atomic mass is 10.1. The maximum Gasteiger partial charge on any atom is 0.272 e. The molecule has 0 aliphatic heterocycles. The number of carbonyl (C=O) groups is 3.